The fraction of sp³-hybridized carbons (Fsp3) is 0.565. The number of hydrogen-bond donors (Lipinski definition) is 0. The quantitative estimate of drug-likeness (QED) is 0.548. The van der Waals surface area contributed by atoms with E-state index in [1.165, 1.54) is 4.90 Å². The van der Waals surface area contributed by atoms with E-state index in [4.69, 9.17) is 0 Å². The van der Waals surface area contributed by atoms with Gasteiger partial charge in [0.05, 0.1) is 11.8 Å². The maximum absolute atomic E-state index is 12.7. The van der Waals surface area contributed by atoms with Crippen LogP contribution in [-0.2, 0) is 14.4 Å². The number of hydrogen-bond acceptors (Lipinski definition) is 5. The molecular formula is C23H29N3O4. The number of imide groups is 1. The summed E-state index contributed by atoms with van der Waals surface area (Å²) in [6.07, 6.45) is 3.82. The van der Waals surface area contributed by atoms with Crippen molar-refractivity contribution in [3.05, 3.63) is 29.8 Å². The molecule has 30 heavy (non-hydrogen) atoms. The molecule has 3 amide bonds. The average molecular weight is 412 g/mol. The molecule has 3 fully saturated rings. The first-order valence-electron chi connectivity index (χ1n) is 10.9. The molecule has 7 heteroatoms. The Kier molecular flexibility index (Phi) is 5.88. The van der Waals surface area contributed by atoms with Crippen LogP contribution in [0.3, 0.4) is 0 Å². The van der Waals surface area contributed by atoms with Crippen molar-refractivity contribution in [2.24, 2.45) is 11.8 Å². The first-order valence-corrected chi connectivity index (χ1v) is 10.9. The highest BCUT2D eigenvalue weighted by atomic mass is 16.2. The molecule has 0 spiro atoms. The second kappa shape index (κ2) is 8.58. The van der Waals surface area contributed by atoms with Crippen molar-refractivity contribution < 1.29 is 19.2 Å². The van der Waals surface area contributed by atoms with Crippen LogP contribution in [0, 0.1) is 11.8 Å². The summed E-state index contributed by atoms with van der Waals surface area (Å²) in [5.41, 5.74) is 1.74. The van der Waals surface area contributed by atoms with Gasteiger partial charge in [0.15, 0.2) is 5.78 Å². The molecule has 0 radical (unpaired) electrons. The summed E-state index contributed by atoms with van der Waals surface area (Å²) in [6.45, 7) is 4.42. The minimum atomic E-state index is -0.153. The molecule has 0 N–H and O–H groups in total. The molecule has 0 unspecified atom stereocenters. The Labute approximate surface area is 177 Å². The number of amides is 3. The topological polar surface area (TPSA) is 78.0 Å². The highest BCUT2D eigenvalue weighted by Crippen LogP contribution is 2.38. The first kappa shape index (κ1) is 20.6. The van der Waals surface area contributed by atoms with Crippen molar-refractivity contribution in [2.45, 2.75) is 39.0 Å². The fourth-order valence-corrected chi connectivity index (χ4v) is 4.94. The van der Waals surface area contributed by atoms with Crippen molar-refractivity contribution in [3.8, 4) is 0 Å². The molecule has 1 aromatic carbocycles. The minimum Gasteiger partial charge on any atom is -0.368 e. The van der Waals surface area contributed by atoms with Crippen LogP contribution >= 0.6 is 0 Å². The highest BCUT2D eigenvalue weighted by molar-refractivity contribution is 6.05. The van der Waals surface area contributed by atoms with E-state index >= 15 is 0 Å². The van der Waals surface area contributed by atoms with E-state index in [9.17, 15) is 19.2 Å². The minimum absolute atomic E-state index is 0.00273. The Balaban J connectivity index is 1.27. The SMILES string of the molecule is CC(=O)c1ccc(N2CCN(C(=O)CCN3C(=O)[C@H]4CCCC[C@H]4C3=O)CC2)cc1. The van der Waals surface area contributed by atoms with Gasteiger partial charge in [-0.15, -0.1) is 0 Å². The van der Waals surface area contributed by atoms with Crippen LogP contribution in [0.15, 0.2) is 24.3 Å². The Morgan fingerprint density at radius 1 is 0.900 bits per heavy atom. The molecule has 2 atom stereocenters. The van der Waals surface area contributed by atoms with Gasteiger partial charge in [-0.1, -0.05) is 12.8 Å². The van der Waals surface area contributed by atoms with E-state index in [0.29, 0.717) is 18.7 Å². The van der Waals surface area contributed by atoms with Gasteiger partial charge >= 0.3 is 0 Å². The normalized spacial score (nSPS) is 24.2. The lowest BCUT2D eigenvalue weighted by Crippen LogP contribution is -2.49. The molecule has 2 heterocycles. The summed E-state index contributed by atoms with van der Waals surface area (Å²) in [5, 5.41) is 0. The second-order valence-electron chi connectivity index (χ2n) is 8.55. The monoisotopic (exact) mass is 411 g/mol. The van der Waals surface area contributed by atoms with Crippen LogP contribution in [0.1, 0.15) is 49.4 Å². The Morgan fingerprint density at radius 2 is 1.47 bits per heavy atom. The predicted octanol–water partition coefficient (Wildman–Crippen LogP) is 2.10. The first-order chi connectivity index (χ1) is 14.5. The van der Waals surface area contributed by atoms with E-state index in [1.54, 1.807) is 6.92 Å². The van der Waals surface area contributed by atoms with Crippen LogP contribution in [0.2, 0.25) is 0 Å². The number of carbonyl (C=O) groups excluding carboxylic acids is 4. The molecular weight excluding hydrogens is 382 g/mol. The zero-order chi connectivity index (χ0) is 21.3. The van der Waals surface area contributed by atoms with Crippen molar-refractivity contribution in [1.82, 2.24) is 9.80 Å². The van der Waals surface area contributed by atoms with Crippen molar-refractivity contribution in [3.63, 3.8) is 0 Å². The third-order valence-electron chi connectivity index (χ3n) is 6.75. The average Bonchev–Trinajstić information content (AvgIpc) is 3.02. The van der Waals surface area contributed by atoms with E-state index in [0.717, 1.165) is 44.5 Å². The third kappa shape index (κ3) is 3.98. The molecule has 0 bridgehead atoms. The van der Waals surface area contributed by atoms with Gasteiger partial charge in [0, 0.05) is 50.4 Å². The van der Waals surface area contributed by atoms with Gasteiger partial charge in [0.25, 0.3) is 0 Å². The van der Waals surface area contributed by atoms with E-state index in [-0.39, 0.29) is 48.3 Å². The molecule has 0 aromatic heterocycles. The number of Topliss-reactive ketones (excluding diaryl/α,β-unsaturated/α-hetero) is 1. The molecule has 7 nitrogen and oxygen atoms in total. The molecule has 2 aliphatic heterocycles. The number of nitrogens with zero attached hydrogens (tertiary/aromatic N) is 3. The van der Waals surface area contributed by atoms with Crippen LogP contribution in [-0.4, -0.2) is 66.0 Å². The van der Waals surface area contributed by atoms with Gasteiger partial charge < -0.3 is 9.80 Å². The lowest BCUT2D eigenvalue weighted by Gasteiger charge is -2.36. The zero-order valence-electron chi connectivity index (χ0n) is 17.5. The van der Waals surface area contributed by atoms with Crippen LogP contribution in [0.25, 0.3) is 0 Å². The number of rotatable bonds is 5. The maximum atomic E-state index is 12.7. The van der Waals surface area contributed by atoms with E-state index in [2.05, 4.69) is 4.90 Å². The summed E-state index contributed by atoms with van der Waals surface area (Å²) >= 11 is 0. The van der Waals surface area contributed by atoms with Gasteiger partial charge in [-0.25, -0.2) is 0 Å². The van der Waals surface area contributed by atoms with Crippen LogP contribution in [0.5, 0.6) is 0 Å². The van der Waals surface area contributed by atoms with Gasteiger partial charge in [-0.05, 0) is 44.0 Å². The molecule has 3 aliphatic rings. The lowest BCUT2D eigenvalue weighted by atomic mass is 9.81. The van der Waals surface area contributed by atoms with Crippen LogP contribution < -0.4 is 4.90 Å². The lowest BCUT2D eigenvalue weighted by molar-refractivity contribution is -0.140. The third-order valence-corrected chi connectivity index (χ3v) is 6.75. The van der Waals surface area contributed by atoms with Crippen LogP contribution in [0.4, 0.5) is 5.69 Å². The van der Waals surface area contributed by atoms with Gasteiger partial charge in [-0.3, -0.25) is 24.1 Å². The number of ketones is 1. The van der Waals surface area contributed by atoms with Gasteiger partial charge in [0.2, 0.25) is 17.7 Å². The van der Waals surface area contributed by atoms with Gasteiger partial charge in [0.1, 0.15) is 0 Å². The zero-order valence-corrected chi connectivity index (χ0v) is 17.5. The molecule has 1 saturated carbocycles. The summed E-state index contributed by atoms with van der Waals surface area (Å²) in [4.78, 5) is 54.6. The Hall–Kier alpha value is -2.70. The number of carbonyl (C=O) groups is 4. The smallest absolute Gasteiger partial charge is 0.233 e. The molecule has 160 valence electrons. The summed E-state index contributed by atoms with van der Waals surface area (Å²) < 4.78 is 0. The Bertz CT molecular complexity index is 819. The van der Waals surface area contributed by atoms with Gasteiger partial charge in [-0.2, -0.15) is 0 Å². The summed E-state index contributed by atoms with van der Waals surface area (Å²) in [6, 6.07) is 7.55. The number of piperazine rings is 1. The van der Waals surface area contributed by atoms with E-state index < -0.39 is 0 Å². The maximum Gasteiger partial charge on any atom is 0.233 e. The summed E-state index contributed by atoms with van der Waals surface area (Å²) in [5.74, 6) is -0.408. The Morgan fingerprint density at radius 3 is 2.00 bits per heavy atom. The molecule has 1 aliphatic carbocycles. The predicted molar refractivity (Wildman–Crippen MR) is 112 cm³/mol. The molecule has 2 saturated heterocycles. The number of benzene rings is 1. The van der Waals surface area contributed by atoms with Crippen molar-refractivity contribution >= 4 is 29.2 Å². The fourth-order valence-electron chi connectivity index (χ4n) is 4.94. The summed E-state index contributed by atoms with van der Waals surface area (Å²) in [7, 11) is 0. The molecule has 1 aromatic rings. The molecule has 4 rings (SSSR count). The standard InChI is InChI=1S/C23H29N3O4/c1-16(27)17-6-8-18(9-7-17)24-12-14-25(15-13-24)21(28)10-11-26-22(29)19-4-2-3-5-20(19)23(26)30/h6-9,19-20H,2-5,10-15H2,1H3/t19-,20+. The van der Waals surface area contributed by atoms with Crippen molar-refractivity contribution in [1.29, 1.82) is 0 Å². The largest absolute Gasteiger partial charge is 0.368 e. The second-order valence-corrected chi connectivity index (χ2v) is 8.55. The number of anilines is 1. The van der Waals surface area contributed by atoms with Crippen molar-refractivity contribution in [2.75, 3.05) is 37.6 Å². The number of fused-ring (bicyclic) bond motifs is 1. The number of likely N-dealkylation sites (tertiary alicyclic amines) is 1. The van der Waals surface area contributed by atoms with E-state index in [1.807, 2.05) is 29.2 Å². The highest BCUT2D eigenvalue weighted by Gasteiger charge is 2.47.